The van der Waals surface area contributed by atoms with Gasteiger partial charge in [-0.25, -0.2) is 0 Å². The van der Waals surface area contributed by atoms with Gasteiger partial charge in [-0.1, -0.05) is 50.0 Å². The van der Waals surface area contributed by atoms with Gasteiger partial charge in [0.15, 0.2) is 0 Å². The molecule has 0 rings (SSSR count). The largest absolute Gasteiger partial charge is 0.469 e. The Morgan fingerprint density at radius 1 is 0.818 bits per heavy atom. The Labute approximate surface area is 135 Å². The molecular formula is C19H33FO2. The first-order chi connectivity index (χ1) is 10.8. The van der Waals surface area contributed by atoms with Crippen molar-refractivity contribution in [1.29, 1.82) is 0 Å². The van der Waals surface area contributed by atoms with Crippen LogP contribution in [0.15, 0.2) is 24.3 Å². The Bertz CT molecular complexity index is 298. The Hall–Kier alpha value is -1.12. The van der Waals surface area contributed by atoms with Crippen LogP contribution >= 0.6 is 0 Å². The minimum Gasteiger partial charge on any atom is -0.469 e. The number of halogens is 1. The molecule has 0 aromatic rings. The second kappa shape index (κ2) is 17.9. The van der Waals surface area contributed by atoms with E-state index < -0.39 is 0 Å². The lowest BCUT2D eigenvalue weighted by Crippen LogP contribution is -1.98. The highest BCUT2D eigenvalue weighted by atomic mass is 19.1. The van der Waals surface area contributed by atoms with Crippen molar-refractivity contribution in [3.8, 4) is 0 Å². The SMILES string of the molecule is COC(=O)CCCCCCC/C=C\C/C=C\CCCCCF. The molecule has 0 fully saturated rings. The standard InChI is InChI=1S/C19H33FO2/c1-22-19(21)17-15-13-11-9-7-5-3-2-4-6-8-10-12-14-16-18-20/h2-3,6,8H,4-5,7,9-18H2,1H3/b3-2-,8-6-. The van der Waals surface area contributed by atoms with Gasteiger partial charge in [-0.3, -0.25) is 9.18 Å². The van der Waals surface area contributed by atoms with Gasteiger partial charge in [0.2, 0.25) is 0 Å². The summed E-state index contributed by atoms with van der Waals surface area (Å²) in [4.78, 5) is 10.9. The molecule has 0 radical (unpaired) electrons. The van der Waals surface area contributed by atoms with E-state index in [-0.39, 0.29) is 12.6 Å². The summed E-state index contributed by atoms with van der Waals surface area (Å²) in [5.74, 6) is -0.0987. The Morgan fingerprint density at radius 2 is 1.36 bits per heavy atom. The van der Waals surface area contributed by atoms with Crippen LogP contribution < -0.4 is 0 Å². The van der Waals surface area contributed by atoms with Crippen molar-refractivity contribution in [2.45, 2.75) is 77.0 Å². The lowest BCUT2D eigenvalue weighted by molar-refractivity contribution is -0.140. The van der Waals surface area contributed by atoms with Gasteiger partial charge in [0.05, 0.1) is 13.8 Å². The second-order valence-corrected chi connectivity index (χ2v) is 5.60. The van der Waals surface area contributed by atoms with E-state index in [0.717, 1.165) is 44.9 Å². The smallest absolute Gasteiger partial charge is 0.305 e. The summed E-state index contributed by atoms with van der Waals surface area (Å²) in [6, 6.07) is 0. The van der Waals surface area contributed by atoms with Crippen molar-refractivity contribution in [3.63, 3.8) is 0 Å². The summed E-state index contributed by atoms with van der Waals surface area (Å²) in [7, 11) is 1.44. The van der Waals surface area contributed by atoms with E-state index in [1.165, 1.54) is 26.4 Å². The van der Waals surface area contributed by atoms with Crippen molar-refractivity contribution < 1.29 is 13.9 Å². The predicted molar refractivity (Wildman–Crippen MR) is 91.7 cm³/mol. The van der Waals surface area contributed by atoms with Gasteiger partial charge in [-0.15, -0.1) is 0 Å². The molecule has 2 nitrogen and oxygen atoms in total. The quantitative estimate of drug-likeness (QED) is 0.213. The molecule has 0 aromatic carbocycles. The summed E-state index contributed by atoms with van der Waals surface area (Å²) in [5.41, 5.74) is 0. The molecule has 0 spiro atoms. The molecule has 22 heavy (non-hydrogen) atoms. The van der Waals surface area contributed by atoms with E-state index in [9.17, 15) is 9.18 Å². The van der Waals surface area contributed by atoms with Crippen molar-refractivity contribution >= 4 is 5.97 Å². The van der Waals surface area contributed by atoms with Gasteiger partial charge < -0.3 is 4.74 Å². The zero-order chi connectivity index (χ0) is 16.3. The number of alkyl halides is 1. The molecule has 0 unspecified atom stereocenters. The van der Waals surface area contributed by atoms with Crippen LogP contribution in [0.3, 0.4) is 0 Å². The molecule has 128 valence electrons. The summed E-state index contributed by atoms with van der Waals surface area (Å²) in [6.45, 7) is -0.183. The molecule has 0 aromatic heterocycles. The van der Waals surface area contributed by atoms with Gasteiger partial charge in [-0.2, -0.15) is 0 Å². The molecular weight excluding hydrogens is 279 g/mol. The second-order valence-electron chi connectivity index (χ2n) is 5.60. The van der Waals surface area contributed by atoms with E-state index in [0.29, 0.717) is 12.8 Å². The minimum absolute atomic E-state index is 0.0987. The first kappa shape index (κ1) is 20.9. The first-order valence-corrected chi connectivity index (χ1v) is 8.74. The first-order valence-electron chi connectivity index (χ1n) is 8.74. The van der Waals surface area contributed by atoms with Gasteiger partial charge in [0.25, 0.3) is 0 Å². The Balaban J connectivity index is 3.20. The molecule has 0 amide bonds. The fraction of sp³-hybridized carbons (Fsp3) is 0.737. The summed E-state index contributed by atoms with van der Waals surface area (Å²) >= 11 is 0. The van der Waals surface area contributed by atoms with Gasteiger partial charge in [0.1, 0.15) is 0 Å². The molecule has 0 saturated heterocycles. The van der Waals surface area contributed by atoms with Crippen molar-refractivity contribution in [1.82, 2.24) is 0 Å². The maximum Gasteiger partial charge on any atom is 0.305 e. The number of allylic oxidation sites excluding steroid dienone is 4. The summed E-state index contributed by atoms with van der Waals surface area (Å²) in [5, 5.41) is 0. The van der Waals surface area contributed by atoms with Crippen LogP contribution in [0.4, 0.5) is 4.39 Å². The lowest BCUT2D eigenvalue weighted by atomic mass is 10.1. The number of carbonyl (C=O) groups excluding carboxylic acids is 1. The molecule has 0 N–H and O–H groups in total. The third kappa shape index (κ3) is 16.9. The van der Waals surface area contributed by atoms with Crippen LogP contribution in [0.1, 0.15) is 77.0 Å². The molecule has 3 heteroatoms. The predicted octanol–water partition coefficient (Wildman–Crippen LogP) is 5.92. The van der Waals surface area contributed by atoms with Crippen molar-refractivity contribution in [2.24, 2.45) is 0 Å². The molecule has 0 heterocycles. The number of esters is 1. The molecule has 0 aliphatic rings. The summed E-state index contributed by atoms with van der Waals surface area (Å²) in [6.07, 6.45) is 21.1. The zero-order valence-electron chi connectivity index (χ0n) is 14.2. The molecule has 0 atom stereocenters. The van der Waals surface area contributed by atoms with E-state index in [4.69, 9.17) is 0 Å². The van der Waals surface area contributed by atoms with Crippen LogP contribution in [-0.2, 0) is 9.53 Å². The normalized spacial score (nSPS) is 11.5. The number of unbranched alkanes of at least 4 members (excludes halogenated alkanes) is 8. The highest BCUT2D eigenvalue weighted by molar-refractivity contribution is 5.68. The number of hydrogen-bond acceptors (Lipinski definition) is 2. The molecule has 0 saturated carbocycles. The van der Waals surface area contributed by atoms with Crippen molar-refractivity contribution in [3.05, 3.63) is 24.3 Å². The third-order valence-corrected chi connectivity index (χ3v) is 3.59. The van der Waals surface area contributed by atoms with Crippen molar-refractivity contribution in [2.75, 3.05) is 13.8 Å². The van der Waals surface area contributed by atoms with E-state index in [2.05, 4.69) is 29.0 Å². The van der Waals surface area contributed by atoms with Crippen LogP contribution in [0, 0.1) is 0 Å². The number of ether oxygens (including phenoxy) is 1. The highest BCUT2D eigenvalue weighted by Gasteiger charge is 1.98. The van der Waals surface area contributed by atoms with E-state index in [1.807, 2.05) is 0 Å². The number of rotatable bonds is 15. The minimum atomic E-state index is -0.183. The fourth-order valence-electron chi connectivity index (χ4n) is 2.20. The Morgan fingerprint density at radius 3 is 1.95 bits per heavy atom. The van der Waals surface area contributed by atoms with Crippen LogP contribution in [0.2, 0.25) is 0 Å². The number of hydrogen-bond donors (Lipinski definition) is 0. The van der Waals surface area contributed by atoms with Gasteiger partial charge >= 0.3 is 5.97 Å². The third-order valence-electron chi connectivity index (χ3n) is 3.59. The molecule has 0 aliphatic heterocycles. The van der Waals surface area contributed by atoms with Gasteiger partial charge in [0, 0.05) is 6.42 Å². The van der Waals surface area contributed by atoms with Gasteiger partial charge in [-0.05, 0) is 44.9 Å². The monoisotopic (exact) mass is 312 g/mol. The average Bonchev–Trinajstić information content (AvgIpc) is 2.54. The summed E-state index contributed by atoms with van der Waals surface area (Å²) < 4.78 is 16.5. The Kier molecular flexibility index (Phi) is 17.0. The topological polar surface area (TPSA) is 26.3 Å². The number of methoxy groups -OCH3 is 1. The highest BCUT2D eigenvalue weighted by Crippen LogP contribution is 2.08. The number of carbonyl (C=O) groups is 1. The zero-order valence-corrected chi connectivity index (χ0v) is 14.2. The van der Waals surface area contributed by atoms with E-state index >= 15 is 0 Å². The maximum atomic E-state index is 11.9. The maximum absolute atomic E-state index is 11.9. The lowest BCUT2D eigenvalue weighted by Gasteiger charge is -1.99. The van der Waals surface area contributed by atoms with Crippen LogP contribution in [-0.4, -0.2) is 19.8 Å². The van der Waals surface area contributed by atoms with Crippen LogP contribution in [0.25, 0.3) is 0 Å². The fourth-order valence-corrected chi connectivity index (χ4v) is 2.20. The van der Waals surface area contributed by atoms with Crippen LogP contribution in [0.5, 0.6) is 0 Å². The molecule has 0 aliphatic carbocycles. The molecule has 0 bridgehead atoms. The van der Waals surface area contributed by atoms with E-state index in [1.54, 1.807) is 0 Å². The average molecular weight is 312 g/mol.